The number of ether oxygens (including phenoxy) is 1. The van der Waals surface area contributed by atoms with E-state index in [4.69, 9.17) is 15.5 Å². The van der Waals surface area contributed by atoms with E-state index in [2.05, 4.69) is 0 Å². The molecule has 1 aromatic carbocycles. The van der Waals surface area contributed by atoms with E-state index < -0.39 is 11.7 Å². The first kappa shape index (κ1) is 24.1. The van der Waals surface area contributed by atoms with Crippen molar-refractivity contribution in [1.82, 2.24) is 9.55 Å². The summed E-state index contributed by atoms with van der Waals surface area (Å²) in [5.74, 6) is -0.568. The van der Waals surface area contributed by atoms with Crippen molar-refractivity contribution in [2.24, 2.45) is 12.8 Å². The first-order chi connectivity index (χ1) is 16.3. The molecule has 1 aliphatic carbocycles. The minimum absolute atomic E-state index is 0.0899. The maximum absolute atomic E-state index is 15.0. The minimum atomic E-state index is -0.572. The lowest BCUT2D eigenvalue weighted by molar-refractivity contribution is 0.386. The molecule has 1 saturated heterocycles. The zero-order valence-electron chi connectivity index (χ0n) is 20.0. The van der Waals surface area contributed by atoms with Gasteiger partial charge in [-0.05, 0) is 42.5 Å². The topological polar surface area (TPSA) is 73.4 Å². The summed E-state index contributed by atoms with van der Waals surface area (Å²) < 4.78 is 36.1. The SMILES string of the molecule is CCCC1=C(F)CC(c2nc(N3CCC(N)CC3)n(C)c(=O)c2-c2ccc(OC)c(F)c2)C=C1. The van der Waals surface area contributed by atoms with Gasteiger partial charge in [-0.1, -0.05) is 31.6 Å². The van der Waals surface area contributed by atoms with Crippen LogP contribution < -0.4 is 20.9 Å². The molecule has 0 radical (unpaired) electrons. The molecular formula is C26H32F2N4O2. The zero-order valence-corrected chi connectivity index (χ0v) is 20.0. The maximum Gasteiger partial charge on any atom is 0.262 e. The molecule has 2 aromatic rings. The lowest BCUT2D eigenvalue weighted by Crippen LogP contribution is -2.42. The van der Waals surface area contributed by atoms with E-state index >= 15 is 0 Å². The molecule has 0 spiro atoms. The van der Waals surface area contributed by atoms with Crippen molar-refractivity contribution in [3.8, 4) is 16.9 Å². The Balaban J connectivity index is 1.85. The van der Waals surface area contributed by atoms with E-state index in [1.54, 1.807) is 19.2 Å². The maximum atomic E-state index is 15.0. The van der Waals surface area contributed by atoms with Gasteiger partial charge in [0.25, 0.3) is 5.56 Å². The molecule has 0 saturated carbocycles. The molecule has 2 N–H and O–H groups in total. The van der Waals surface area contributed by atoms with E-state index in [0.29, 0.717) is 42.3 Å². The van der Waals surface area contributed by atoms with Crippen LogP contribution in [0.2, 0.25) is 0 Å². The Labute approximate surface area is 198 Å². The molecule has 182 valence electrons. The Kier molecular flexibility index (Phi) is 7.16. The monoisotopic (exact) mass is 470 g/mol. The molecule has 1 atom stereocenters. The molecule has 2 heterocycles. The van der Waals surface area contributed by atoms with Crippen molar-refractivity contribution in [1.29, 1.82) is 0 Å². The number of nitrogens with two attached hydrogens (primary N) is 1. The number of hydrogen-bond acceptors (Lipinski definition) is 5. The summed E-state index contributed by atoms with van der Waals surface area (Å²) >= 11 is 0. The molecule has 1 fully saturated rings. The van der Waals surface area contributed by atoms with Gasteiger partial charge in [0.1, 0.15) is 5.83 Å². The molecule has 0 bridgehead atoms. The lowest BCUT2D eigenvalue weighted by Gasteiger charge is -2.33. The zero-order chi connectivity index (χ0) is 24.4. The van der Waals surface area contributed by atoms with Crippen molar-refractivity contribution in [3.63, 3.8) is 0 Å². The van der Waals surface area contributed by atoms with Crippen LogP contribution in [0.25, 0.3) is 11.1 Å². The van der Waals surface area contributed by atoms with Crippen LogP contribution in [0, 0.1) is 5.82 Å². The van der Waals surface area contributed by atoms with Gasteiger partial charge in [0, 0.05) is 38.5 Å². The van der Waals surface area contributed by atoms with Crippen LogP contribution in [-0.4, -0.2) is 35.8 Å². The molecule has 34 heavy (non-hydrogen) atoms. The molecule has 0 amide bonds. The van der Waals surface area contributed by atoms with Gasteiger partial charge in [0.15, 0.2) is 11.6 Å². The highest BCUT2D eigenvalue weighted by molar-refractivity contribution is 5.68. The van der Waals surface area contributed by atoms with Crippen molar-refractivity contribution < 1.29 is 13.5 Å². The molecule has 1 aromatic heterocycles. The summed E-state index contributed by atoms with van der Waals surface area (Å²) in [6, 6.07) is 4.54. The molecule has 4 rings (SSSR count). The van der Waals surface area contributed by atoms with Crippen LogP contribution in [0.3, 0.4) is 0 Å². The summed E-state index contributed by atoms with van der Waals surface area (Å²) in [4.78, 5) is 20.6. The van der Waals surface area contributed by atoms with E-state index in [-0.39, 0.29) is 35.2 Å². The number of halogens is 2. The number of rotatable bonds is 6. The van der Waals surface area contributed by atoms with Gasteiger partial charge in [-0.3, -0.25) is 9.36 Å². The van der Waals surface area contributed by atoms with Crippen LogP contribution >= 0.6 is 0 Å². The van der Waals surface area contributed by atoms with Crippen molar-refractivity contribution in [2.45, 2.75) is 51.0 Å². The highest BCUT2D eigenvalue weighted by Gasteiger charge is 2.28. The first-order valence-electron chi connectivity index (χ1n) is 11.8. The smallest absolute Gasteiger partial charge is 0.262 e. The number of piperidine rings is 1. The van der Waals surface area contributed by atoms with E-state index in [1.165, 1.54) is 23.8 Å². The number of aromatic nitrogens is 2. The van der Waals surface area contributed by atoms with Crippen LogP contribution in [0.5, 0.6) is 5.75 Å². The Bertz CT molecular complexity index is 1180. The van der Waals surface area contributed by atoms with Crippen LogP contribution in [0.15, 0.2) is 46.5 Å². The third kappa shape index (κ3) is 4.64. The van der Waals surface area contributed by atoms with Gasteiger partial charge in [-0.2, -0.15) is 0 Å². The Hall–Kier alpha value is -3.00. The summed E-state index contributed by atoms with van der Waals surface area (Å²) in [7, 11) is 3.06. The molecule has 1 aliphatic heterocycles. The first-order valence-corrected chi connectivity index (χ1v) is 11.8. The number of anilines is 1. The van der Waals surface area contributed by atoms with Crippen molar-refractivity contribution in [2.75, 3.05) is 25.1 Å². The van der Waals surface area contributed by atoms with Gasteiger partial charge >= 0.3 is 0 Å². The van der Waals surface area contributed by atoms with E-state index in [0.717, 1.165) is 19.3 Å². The highest BCUT2D eigenvalue weighted by atomic mass is 19.1. The molecule has 2 aliphatic rings. The number of allylic oxidation sites excluding steroid dienone is 4. The Morgan fingerprint density at radius 3 is 2.59 bits per heavy atom. The number of nitrogens with zero attached hydrogens (tertiary/aromatic N) is 3. The minimum Gasteiger partial charge on any atom is -0.494 e. The second-order valence-electron chi connectivity index (χ2n) is 9.06. The van der Waals surface area contributed by atoms with Crippen molar-refractivity contribution in [3.05, 3.63) is 63.6 Å². The summed E-state index contributed by atoms with van der Waals surface area (Å²) in [6.45, 7) is 3.38. The summed E-state index contributed by atoms with van der Waals surface area (Å²) in [5, 5.41) is 0. The molecule has 1 unspecified atom stereocenters. The van der Waals surface area contributed by atoms with Gasteiger partial charge in [-0.15, -0.1) is 0 Å². The Morgan fingerprint density at radius 2 is 1.97 bits per heavy atom. The third-order valence-electron chi connectivity index (χ3n) is 6.71. The number of methoxy groups -OCH3 is 1. The number of hydrogen-bond donors (Lipinski definition) is 1. The standard InChI is InChI=1S/C26H32F2N4O2/c1-4-5-16-6-7-18(15-20(16)27)24-23(17-8-9-22(34-3)21(28)14-17)25(33)31(2)26(30-24)32-12-10-19(29)11-13-32/h6-9,14,18-19H,4-5,10-13,15,29H2,1-3H3. The highest BCUT2D eigenvalue weighted by Crippen LogP contribution is 2.37. The normalized spacial score (nSPS) is 19.1. The van der Waals surface area contributed by atoms with Crippen molar-refractivity contribution >= 4 is 5.95 Å². The summed E-state index contributed by atoms with van der Waals surface area (Å²) in [6.07, 6.45) is 6.95. The second kappa shape index (κ2) is 10.1. The largest absolute Gasteiger partial charge is 0.494 e. The Morgan fingerprint density at radius 1 is 1.24 bits per heavy atom. The van der Waals surface area contributed by atoms with Crippen LogP contribution in [-0.2, 0) is 7.05 Å². The van der Waals surface area contributed by atoms with Gasteiger partial charge in [0.2, 0.25) is 5.95 Å². The average molecular weight is 471 g/mol. The number of benzene rings is 1. The fourth-order valence-electron chi connectivity index (χ4n) is 4.74. The molecular weight excluding hydrogens is 438 g/mol. The van der Waals surface area contributed by atoms with Gasteiger partial charge in [0.05, 0.1) is 18.4 Å². The van der Waals surface area contributed by atoms with E-state index in [1.807, 2.05) is 17.9 Å². The molecule has 8 heteroatoms. The third-order valence-corrected chi connectivity index (χ3v) is 6.71. The van der Waals surface area contributed by atoms with E-state index in [9.17, 15) is 13.6 Å². The predicted octanol–water partition coefficient (Wildman–Crippen LogP) is 4.59. The lowest BCUT2D eigenvalue weighted by atomic mass is 9.87. The predicted molar refractivity (Wildman–Crippen MR) is 130 cm³/mol. The van der Waals surface area contributed by atoms with Crippen LogP contribution in [0.1, 0.15) is 50.6 Å². The van der Waals surface area contributed by atoms with Gasteiger partial charge < -0.3 is 15.4 Å². The average Bonchev–Trinajstić information content (AvgIpc) is 2.82. The van der Waals surface area contributed by atoms with Gasteiger partial charge in [-0.25, -0.2) is 13.8 Å². The quantitative estimate of drug-likeness (QED) is 0.669. The second-order valence-corrected chi connectivity index (χ2v) is 9.06. The fourth-order valence-corrected chi connectivity index (χ4v) is 4.74. The van der Waals surface area contributed by atoms with Crippen LogP contribution in [0.4, 0.5) is 14.7 Å². The molecule has 6 nitrogen and oxygen atoms in total. The summed E-state index contributed by atoms with van der Waals surface area (Å²) in [5.41, 5.74) is 7.59. The fraction of sp³-hybridized carbons (Fsp3) is 0.462.